The van der Waals surface area contributed by atoms with Crippen LogP contribution in [-0.4, -0.2) is 23.8 Å². The maximum Gasteiger partial charge on any atom is 0.273 e. The second-order valence-electron chi connectivity index (χ2n) is 8.49. The van der Waals surface area contributed by atoms with Gasteiger partial charge in [0.1, 0.15) is 10.6 Å². The maximum absolute atomic E-state index is 13.9. The summed E-state index contributed by atoms with van der Waals surface area (Å²) in [5.41, 5.74) is 3.57. The Morgan fingerprint density at radius 3 is 2.15 bits per heavy atom. The molecule has 0 radical (unpaired) electrons. The lowest BCUT2D eigenvalue weighted by Gasteiger charge is -2.50. The molecule has 33 heavy (non-hydrogen) atoms. The van der Waals surface area contributed by atoms with Crippen LogP contribution in [0.3, 0.4) is 0 Å². The number of rotatable bonds is 3. The van der Waals surface area contributed by atoms with Crippen molar-refractivity contribution in [3.63, 3.8) is 0 Å². The molecule has 2 atom stereocenters. The molecule has 1 heterocycles. The minimum Gasteiger partial charge on any atom is -0.494 e. The highest BCUT2D eigenvalue weighted by molar-refractivity contribution is 6.33. The van der Waals surface area contributed by atoms with Crippen molar-refractivity contribution in [2.75, 3.05) is 12.0 Å². The fourth-order valence-corrected chi connectivity index (χ4v) is 6.45. The molecule has 0 aromatic heterocycles. The summed E-state index contributed by atoms with van der Waals surface area (Å²) in [6, 6.07) is 19.2. The Bertz CT molecular complexity index is 1340. The summed E-state index contributed by atoms with van der Waals surface area (Å²) in [6.45, 7) is 0. The number of alkyl halides is 1. The molecule has 7 rings (SSSR count). The zero-order chi connectivity index (χ0) is 23.1. The molecule has 0 saturated carbocycles. The van der Waals surface area contributed by atoms with E-state index in [2.05, 4.69) is 0 Å². The Kier molecular flexibility index (Phi) is 4.02. The fourth-order valence-electron chi connectivity index (χ4n) is 5.88. The average molecular weight is 461 g/mol. The number of carbonyl (C=O) groups is 2. The van der Waals surface area contributed by atoms with E-state index in [4.69, 9.17) is 16.3 Å². The van der Waals surface area contributed by atoms with Crippen LogP contribution in [0.2, 0.25) is 0 Å². The number of ether oxygens (including phenoxy) is 1. The lowest BCUT2D eigenvalue weighted by molar-refractivity contribution is -0.384. The van der Waals surface area contributed by atoms with E-state index < -0.39 is 27.5 Å². The molecule has 0 N–H and O–H groups in total. The van der Waals surface area contributed by atoms with Gasteiger partial charge in [0.05, 0.1) is 35.6 Å². The molecule has 4 aliphatic rings. The Morgan fingerprint density at radius 2 is 1.58 bits per heavy atom. The van der Waals surface area contributed by atoms with Crippen LogP contribution in [0.15, 0.2) is 66.7 Å². The summed E-state index contributed by atoms with van der Waals surface area (Å²) in [5.74, 6) is -2.53. The van der Waals surface area contributed by atoms with E-state index >= 15 is 0 Å². The third-order valence-electron chi connectivity index (χ3n) is 7.13. The van der Waals surface area contributed by atoms with E-state index in [1.165, 1.54) is 25.3 Å². The lowest BCUT2D eigenvalue weighted by Crippen LogP contribution is -2.50. The molecule has 2 amide bonds. The molecule has 3 aromatic rings. The molecule has 0 unspecified atom stereocenters. The van der Waals surface area contributed by atoms with Crippen molar-refractivity contribution in [1.29, 1.82) is 0 Å². The highest BCUT2D eigenvalue weighted by Gasteiger charge is 2.68. The van der Waals surface area contributed by atoms with Crippen molar-refractivity contribution in [2.24, 2.45) is 11.8 Å². The maximum atomic E-state index is 13.9. The van der Waals surface area contributed by atoms with Crippen LogP contribution < -0.4 is 9.64 Å². The van der Waals surface area contributed by atoms with E-state index in [0.29, 0.717) is 0 Å². The van der Waals surface area contributed by atoms with E-state index in [0.717, 1.165) is 27.2 Å². The summed E-state index contributed by atoms with van der Waals surface area (Å²) in [4.78, 5) is 38.3. The Hall–Kier alpha value is -3.71. The summed E-state index contributed by atoms with van der Waals surface area (Å²) in [6.07, 6.45) is 0. The number of nitro groups is 1. The average Bonchev–Trinajstić information content (AvgIpc) is 3.10. The second kappa shape index (κ2) is 6.65. The van der Waals surface area contributed by atoms with Crippen molar-refractivity contribution in [1.82, 2.24) is 0 Å². The van der Waals surface area contributed by atoms with Gasteiger partial charge >= 0.3 is 0 Å². The summed E-state index contributed by atoms with van der Waals surface area (Å²) >= 11 is 7.39. The quantitative estimate of drug-likeness (QED) is 0.251. The van der Waals surface area contributed by atoms with Crippen LogP contribution >= 0.6 is 11.6 Å². The third-order valence-corrected chi connectivity index (χ3v) is 7.77. The zero-order valence-electron chi connectivity index (χ0n) is 17.4. The number of nitrogens with zero attached hydrogens (tertiary/aromatic N) is 2. The van der Waals surface area contributed by atoms with Crippen molar-refractivity contribution < 1.29 is 19.2 Å². The number of amides is 2. The Morgan fingerprint density at radius 1 is 0.970 bits per heavy atom. The molecule has 0 spiro atoms. The van der Waals surface area contributed by atoms with Gasteiger partial charge in [0.2, 0.25) is 11.8 Å². The largest absolute Gasteiger partial charge is 0.494 e. The molecule has 2 bridgehead atoms. The van der Waals surface area contributed by atoms with Crippen LogP contribution in [0.25, 0.3) is 0 Å². The van der Waals surface area contributed by atoms with Gasteiger partial charge in [-0.3, -0.25) is 19.7 Å². The zero-order valence-corrected chi connectivity index (χ0v) is 18.2. The molecule has 1 aliphatic heterocycles. The predicted molar refractivity (Wildman–Crippen MR) is 120 cm³/mol. The fraction of sp³-hybridized carbons (Fsp3) is 0.200. The molecule has 3 aromatic carbocycles. The normalized spacial score (nSPS) is 26.6. The molecule has 7 nitrogen and oxygen atoms in total. The van der Waals surface area contributed by atoms with Crippen molar-refractivity contribution in [2.45, 2.75) is 10.8 Å². The molecule has 164 valence electrons. The molecule has 1 fully saturated rings. The van der Waals surface area contributed by atoms with Crippen LogP contribution in [0.4, 0.5) is 11.4 Å². The molecule has 3 aliphatic carbocycles. The topological polar surface area (TPSA) is 89.8 Å². The monoisotopic (exact) mass is 460 g/mol. The van der Waals surface area contributed by atoms with E-state index in [-0.39, 0.29) is 28.9 Å². The first kappa shape index (κ1) is 19.9. The number of benzene rings is 3. The highest BCUT2D eigenvalue weighted by Crippen LogP contribution is 2.66. The first-order valence-electron chi connectivity index (χ1n) is 10.5. The smallest absolute Gasteiger partial charge is 0.273 e. The first-order chi connectivity index (χ1) is 15.9. The van der Waals surface area contributed by atoms with Gasteiger partial charge in [0, 0.05) is 12.0 Å². The van der Waals surface area contributed by atoms with Crippen LogP contribution in [0.5, 0.6) is 5.75 Å². The predicted octanol–water partition coefficient (Wildman–Crippen LogP) is 4.35. The number of nitro benzene ring substituents is 1. The van der Waals surface area contributed by atoms with E-state index in [1.54, 1.807) is 0 Å². The van der Waals surface area contributed by atoms with E-state index in [1.807, 2.05) is 48.5 Å². The van der Waals surface area contributed by atoms with Gasteiger partial charge in [-0.25, -0.2) is 4.90 Å². The van der Waals surface area contributed by atoms with Crippen LogP contribution in [0.1, 0.15) is 28.2 Å². The molecule has 8 heteroatoms. The molecular formula is C25H17ClN2O5. The van der Waals surface area contributed by atoms with E-state index in [9.17, 15) is 19.7 Å². The minimum absolute atomic E-state index is 0.0792. The van der Waals surface area contributed by atoms with Gasteiger partial charge in [-0.15, -0.1) is 11.6 Å². The number of halogens is 1. The summed E-state index contributed by atoms with van der Waals surface area (Å²) in [5, 5.41) is 11.2. The Balaban J connectivity index is 1.57. The van der Waals surface area contributed by atoms with Gasteiger partial charge in [-0.2, -0.15) is 0 Å². The number of carbonyl (C=O) groups excluding carboxylic acids is 2. The first-order valence-corrected chi connectivity index (χ1v) is 10.8. The van der Waals surface area contributed by atoms with Gasteiger partial charge in [-0.1, -0.05) is 48.5 Å². The van der Waals surface area contributed by atoms with Gasteiger partial charge in [0.15, 0.2) is 0 Å². The number of methoxy groups -OCH3 is 1. The number of anilines is 1. The number of imide groups is 1. The van der Waals surface area contributed by atoms with Gasteiger partial charge < -0.3 is 4.74 Å². The third kappa shape index (κ3) is 2.35. The molecule has 1 saturated heterocycles. The molecular weight excluding hydrogens is 444 g/mol. The Labute approximate surface area is 193 Å². The number of non-ortho nitro benzene ring substituents is 1. The van der Waals surface area contributed by atoms with Crippen molar-refractivity contribution >= 4 is 34.8 Å². The van der Waals surface area contributed by atoms with Gasteiger partial charge in [0.25, 0.3) is 5.69 Å². The highest BCUT2D eigenvalue weighted by atomic mass is 35.5. The summed E-state index contributed by atoms with van der Waals surface area (Å²) in [7, 11) is 1.35. The van der Waals surface area contributed by atoms with Crippen molar-refractivity contribution in [3.05, 3.63) is 99.1 Å². The van der Waals surface area contributed by atoms with Gasteiger partial charge in [-0.05, 0) is 28.3 Å². The standard InChI is InChI=1S/C25H17ClN2O5/c1-33-19-12-13(28(31)32)10-11-18(19)27-23(29)21-20-14-6-2-4-8-16(14)25(26,22(21)24(27)30)17-9-5-3-7-15(17)20/h2-12,20-22H,1H3/t20?,21-,22-,25?/m0/s1. The van der Waals surface area contributed by atoms with Crippen LogP contribution in [0, 0.1) is 22.0 Å². The number of hydrogen-bond acceptors (Lipinski definition) is 5. The summed E-state index contributed by atoms with van der Waals surface area (Å²) < 4.78 is 5.33. The van der Waals surface area contributed by atoms with Crippen molar-refractivity contribution in [3.8, 4) is 5.75 Å². The lowest BCUT2D eigenvalue weighted by atomic mass is 9.54. The number of hydrogen-bond donors (Lipinski definition) is 0. The van der Waals surface area contributed by atoms with Crippen LogP contribution in [-0.2, 0) is 14.5 Å². The second-order valence-corrected chi connectivity index (χ2v) is 9.09. The SMILES string of the molecule is COc1cc([N+](=O)[O-])ccc1N1C(=O)[C@@H]2[C@@H](C1=O)C1c3ccccc3C2(Cl)c2ccccc21. The minimum atomic E-state index is -1.19.